The molecule has 0 atom stereocenters. The number of hydrogen-bond donors (Lipinski definition) is 3. The summed E-state index contributed by atoms with van der Waals surface area (Å²) in [6, 6.07) is 17.4. The fourth-order valence-corrected chi connectivity index (χ4v) is 3.29. The zero-order valence-electron chi connectivity index (χ0n) is 17.3. The molecule has 4 aromatic rings. The number of H-pyrrole nitrogens is 1. The minimum absolute atomic E-state index is 0.226. The van der Waals surface area contributed by atoms with Crippen molar-refractivity contribution in [2.45, 2.75) is 13.5 Å². The molecule has 2 aromatic heterocycles. The number of benzene rings is 2. The molecule has 0 fully saturated rings. The molecule has 0 aliphatic carbocycles. The second-order valence-corrected chi connectivity index (χ2v) is 7.19. The average Bonchev–Trinajstić information content (AvgIpc) is 3.16. The van der Waals surface area contributed by atoms with E-state index >= 15 is 0 Å². The van der Waals surface area contributed by atoms with Crippen molar-refractivity contribution in [3.63, 3.8) is 0 Å². The number of aryl methyl sites for hydroxylation is 1. The van der Waals surface area contributed by atoms with Crippen molar-refractivity contribution in [3.8, 4) is 5.69 Å². The number of nitrogens with zero attached hydrogens (tertiary/aromatic N) is 2. The quantitative estimate of drug-likeness (QED) is 0.439. The Bertz CT molecular complexity index is 1310. The fraction of sp³-hybridized carbons (Fsp3) is 0.0833. The summed E-state index contributed by atoms with van der Waals surface area (Å²) in [6.07, 6.45) is 4.76. The summed E-state index contributed by atoms with van der Waals surface area (Å²) in [6.45, 7) is 2.13. The summed E-state index contributed by atoms with van der Waals surface area (Å²) in [5.41, 5.74) is 3.71. The van der Waals surface area contributed by atoms with E-state index < -0.39 is 0 Å². The van der Waals surface area contributed by atoms with Gasteiger partial charge in [0.2, 0.25) is 0 Å². The largest absolute Gasteiger partial charge is 0.348 e. The summed E-state index contributed by atoms with van der Waals surface area (Å²) >= 11 is 0. The second-order valence-electron chi connectivity index (χ2n) is 7.19. The number of carbonyl (C=O) groups excluding carboxylic acids is 2. The highest BCUT2D eigenvalue weighted by Crippen LogP contribution is 2.13. The van der Waals surface area contributed by atoms with E-state index in [9.17, 15) is 14.4 Å². The van der Waals surface area contributed by atoms with Crippen molar-refractivity contribution < 1.29 is 9.59 Å². The van der Waals surface area contributed by atoms with Gasteiger partial charge in [-0.2, -0.15) is 0 Å². The molecule has 0 aliphatic rings. The van der Waals surface area contributed by atoms with Gasteiger partial charge in [-0.1, -0.05) is 12.1 Å². The lowest BCUT2D eigenvalue weighted by atomic mass is 10.1. The summed E-state index contributed by atoms with van der Waals surface area (Å²) in [5, 5.41) is 5.71. The Labute approximate surface area is 184 Å². The molecule has 160 valence electrons. The topological polar surface area (TPSA) is 109 Å². The van der Waals surface area contributed by atoms with Gasteiger partial charge in [0, 0.05) is 47.6 Å². The monoisotopic (exact) mass is 427 g/mol. The molecule has 0 aliphatic heterocycles. The van der Waals surface area contributed by atoms with Gasteiger partial charge in [-0.15, -0.1) is 0 Å². The van der Waals surface area contributed by atoms with Gasteiger partial charge >= 0.3 is 5.69 Å². The molecule has 0 radical (unpaired) electrons. The van der Waals surface area contributed by atoms with E-state index in [0.29, 0.717) is 29.0 Å². The Hall–Kier alpha value is -4.46. The Kier molecular flexibility index (Phi) is 5.94. The number of aromatic nitrogens is 3. The van der Waals surface area contributed by atoms with E-state index in [1.54, 1.807) is 61.1 Å². The predicted octanol–water partition coefficient (Wildman–Crippen LogP) is 3.05. The Morgan fingerprint density at radius 2 is 1.69 bits per heavy atom. The molecular formula is C24H21N5O3. The summed E-state index contributed by atoms with van der Waals surface area (Å²) < 4.78 is 1.54. The molecule has 0 saturated carbocycles. The maximum absolute atomic E-state index is 12.5. The van der Waals surface area contributed by atoms with E-state index in [0.717, 1.165) is 11.3 Å². The third kappa shape index (κ3) is 4.65. The number of pyridine rings is 1. The second kappa shape index (κ2) is 9.13. The van der Waals surface area contributed by atoms with Crippen LogP contribution in [0.3, 0.4) is 0 Å². The zero-order valence-corrected chi connectivity index (χ0v) is 17.3. The van der Waals surface area contributed by atoms with Crippen LogP contribution >= 0.6 is 0 Å². The van der Waals surface area contributed by atoms with Gasteiger partial charge in [-0.05, 0) is 61.0 Å². The van der Waals surface area contributed by atoms with Crippen molar-refractivity contribution in [1.82, 2.24) is 19.9 Å². The number of imidazole rings is 1. The Morgan fingerprint density at radius 1 is 0.969 bits per heavy atom. The smallest absolute Gasteiger partial charge is 0.330 e. The van der Waals surface area contributed by atoms with Gasteiger partial charge in [0.1, 0.15) is 0 Å². The molecular weight excluding hydrogens is 406 g/mol. The number of nitrogens with one attached hydrogen (secondary N) is 3. The van der Waals surface area contributed by atoms with E-state index in [1.165, 1.54) is 4.57 Å². The molecule has 8 heteroatoms. The van der Waals surface area contributed by atoms with Crippen LogP contribution in [0.5, 0.6) is 0 Å². The zero-order chi connectivity index (χ0) is 22.5. The first-order valence-corrected chi connectivity index (χ1v) is 9.97. The molecule has 8 nitrogen and oxygen atoms in total. The predicted molar refractivity (Wildman–Crippen MR) is 121 cm³/mol. The van der Waals surface area contributed by atoms with Crippen molar-refractivity contribution >= 4 is 17.5 Å². The highest BCUT2D eigenvalue weighted by molar-refractivity contribution is 6.04. The Balaban J connectivity index is 1.38. The van der Waals surface area contributed by atoms with Crippen LogP contribution in [0, 0.1) is 6.92 Å². The van der Waals surface area contributed by atoms with Crippen LogP contribution in [0.25, 0.3) is 5.69 Å². The van der Waals surface area contributed by atoms with Crippen LogP contribution < -0.4 is 16.3 Å². The lowest BCUT2D eigenvalue weighted by Gasteiger charge is -2.10. The molecule has 0 saturated heterocycles. The minimum atomic E-state index is -0.235. The van der Waals surface area contributed by atoms with Crippen LogP contribution in [-0.2, 0) is 6.54 Å². The van der Waals surface area contributed by atoms with Gasteiger partial charge in [0.15, 0.2) is 0 Å². The highest BCUT2D eigenvalue weighted by Gasteiger charge is 2.09. The van der Waals surface area contributed by atoms with Crippen LogP contribution in [0.4, 0.5) is 5.69 Å². The summed E-state index contributed by atoms with van der Waals surface area (Å²) in [4.78, 5) is 43.3. The van der Waals surface area contributed by atoms with E-state index in [4.69, 9.17) is 0 Å². The van der Waals surface area contributed by atoms with Gasteiger partial charge in [0.25, 0.3) is 11.8 Å². The minimum Gasteiger partial charge on any atom is -0.348 e. The molecule has 32 heavy (non-hydrogen) atoms. The molecule has 0 spiro atoms. The van der Waals surface area contributed by atoms with Crippen molar-refractivity contribution in [1.29, 1.82) is 0 Å². The fourth-order valence-electron chi connectivity index (χ4n) is 3.29. The summed E-state index contributed by atoms with van der Waals surface area (Å²) in [7, 11) is 0. The first-order chi connectivity index (χ1) is 15.5. The molecule has 3 N–H and O–H groups in total. The maximum atomic E-state index is 12.5. The molecule has 2 amide bonds. The number of rotatable bonds is 6. The van der Waals surface area contributed by atoms with E-state index in [-0.39, 0.29) is 17.5 Å². The standard InChI is InChI=1S/C24H21N5O3/c1-16-14-27-24(32)29(16)21-7-5-18(6-8-21)22(30)26-15-17-3-2-4-20(13-17)28-23(31)19-9-11-25-12-10-19/h2-14H,15H2,1H3,(H,26,30)(H,27,32)(H,28,31). The molecule has 0 bridgehead atoms. The van der Waals surface area contributed by atoms with Crippen molar-refractivity contribution in [3.05, 3.63) is 112 Å². The molecule has 2 heterocycles. The summed E-state index contributed by atoms with van der Waals surface area (Å²) in [5.74, 6) is -0.466. The third-order valence-electron chi connectivity index (χ3n) is 4.93. The Morgan fingerprint density at radius 3 is 2.38 bits per heavy atom. The normalized spacial score (nSPS) is 10.5. The van der Waals surface area contributed by atoms with Gasteiger partial charge in [-0.25, -0.2) is 4.79 Å². The number of amides is 2. The molecule has 0 unspecified atom stereocenters. The molecule has 4 rings (SSSR count). The number of anilines is 1. The first kappa shape index (κ1) is 20.8. The molecule has 2 aromatic carbocycles. The van der Waals surface area contributed by atoms with Crippen molar-refractivity contribution in [2.24, 2.45) is 0 Å². The van der Waals surface area contributed by atoms with E-state index in [1.807, 2.05) is 25.1 Å². The van der Waals surface area contributed by atoms with Gasteiger partial charge in [-0.3, -0.25) is 19.1 Å². The third-order valence-corrected chi connectivity index (χ3v) is 4.93. The van der Waals surface area contributed by atoms with Crippen LogP contribution in [0.2, 0.25) is 0 Å². The number of hydrogen-bond acceptors (Lipinski definition) is 4. The van der Waals surface area contributed by atoms with Gasteiger partial charge in [0.05, 0.1) is 5.69 Å². The lowest BCUT2D eigenvalue weighted by molar-refractivity contribution is 0.0950. The SMILES string of the molecule is Cc1c[nH]c(=O)n1-c1ccc(C(=O)NCc2cccc(NC(=O)c3ccncc3)c2)cc1. The average molecular weight is 427 g/mol. The first-order valence-electron chi connectivity index (χ1n) is 9.97. The van der Waals surface area contributed by atoms with Crippen LogP contribution in [-0.4, -0.2) is 26.3 Å². The van der Waals surface area contributed by atoms with Gasteiger partial charge < -0.3 is 15.6 Å². The maximum Gasteiger partial charge on any atom is 0.330 e. The van der Waals surface area contributed by atoms with Crippen LogP contribution in [0.1, 0.15) is 32.0 Å². The lowest BCUT2D eigenvalue weighted by Crippen LogP contribution is -2.23. The van der Waals surface area contributed by atoms with Crippen molar-refractivity contribution in [2.75, 3.05) is 5.32 Å². The van der Waals surface area contributed by atoms with E-state index in [2.05, 4.69) is 20.6 Å². The highest BCUT2D eigenvalue weighted by atomic mass is 16.2. The number of carbonyl (C=O) groups is 2. The number of aromatic amines is 1. The van der Waals surface area contributed by atoms with Crippen LogP contribution in [0.15, 0.2) is 84.0 Å².